The van der Waals surface area contributed by atoms with E-state index in [2.05, 4.69) is 10.8 Å². The van der Waals surface area contributed by atoms with Crippen LogP contribution in [0.5, 0.6) is 0 Å². The highest BCUT2D eigenvalue weighted by molar-refractivity contribution is 8.00. The topological polar surface area (TPSA) is 66.5 Å². The van der Waals surface area contributed by atoms with Gasteiger partial charge in [0.15, 0.2) is 0 Å². The number of hydrogen-bond donors (Lipinski definition) is 1. The average molecular weight is 417 g/mol. The first kappa shape index (κ1) is 19.5. The predicted molar refractivity (Wildman–Crippen MR) is 112 cm³/mol. The van der Waals surface area contributed by atoms with E-state index in [0.717, 1.165) is 35.4 Å². The lowest BCUT2D eigenvalue weighted by molar-refractivity contribution is -0.116. The molecule has 148 valence electrons. The van der Waals surface area contributed by atoms with Crippen LogP contribution < -0.4 is 9.62 Å². The van der Waals surface area contributed by atoms with Gasteiger partial charge < -0.3 is 4.90 Å². The Morgan fingerprint density at radius 3 is 2.79 bits per heavy atom. The van der Waals surface area contributed by atoms with Gasteiger partial charge in [-0.1, -0.05) is 31.2 Å². The fourth-order valence-corrected chi connectivity index (χ4v) is 6.52. The molecule has 0 saturated heterocycles. The quantitative estimate of drug-likeness (QED) is 0.824. The van der Waals surface area contributed by atoms with Gasteiger partial charge in [-0.3, -0.25) is 4.79 Å². The number of sulfonamides is 1. The van der Waals surface area contributed by atoms with E-state index >= 15 is 0 Å². The summed E-state index contributed by atoms with van der Waals surface area (Å²) in [6.45, 7) is 4.22. The second kappa shape index (κ2) is 7.54. The molecule has 2 atom stereocenters. The molecule has 2 unspecified atom stereocenters. The molecule has 1 amide bonds. The Hall–Kier alpha value is -1.83. The number of benzene rings is 2. The van der Waals surface area contributed by atoms with E-state index in [1.54, 1.807) is 41.8 Å². The van der Waals surface area contributed by atoms with Crippen molar-refractivity contribution in [3.63, 3.8) is 0 Å². The Labute approximate surface area is 170 Å². The zero-order valence-electron chi connectivity index (χ0n) is 16.0. The van der Waals surface area contributed by atoms with Crippen LogP contribution in [0.2, 0.25) is 0 Å². The first-order valence-electron chi connectivity index (χ1n) is 9.54. The summed E-state index contributed by atoms with van der Waals surface area (Å²) in [7, 11) is -3.66. The summed E-state index contributed by atoms with van der Waals surface area (Å²) < 4.78 is 29.1. The van der Waals surface area contributed by atoms with Crippen LogP contribution in [0.3, 0.4) is 0 Å². The molecule has 0 radical (unpaired) electrons. The standard InChI is InChI=1S/C21H24N2O3S2/c1-14-13-23(15(2)24)20-11-10-17(12-21(20)27-14)28(25,26)22-19-9-5-7-16-6-3-4-8-18(16)19/h3-4,6,8,10-12,14,19,22H,5,7,9,13H2,1-2H3. The van der Waals surface area contributed by atoms with Crippen molar-refractivity contribution >= 4 is 33.4 Å². The number of carbonyl (C=O) groups is 1. The molecule has 0 aromatic heterocycles. The maximum atomic E-state index is 13.1. The molecule has 28 heavy (non-hydrogen) atoms. The van der Waals surface area contributed by atoms with E-state index in [-0.39, 0.29) is 22.1 Å². The Bertz CT molecular complexity index is 1020. The van der Waals surface area contributed by atoms with Crippen molar-refractivity contribution in [3.8, 4) is 0 Å². The van der Waals surface area contributed by atoms with Crippen LogP contribution in [-0.2, 0) is 21.2 Å². The van der Waals surface area contributed by atoms with E-state index in [4.69, 9.17) is 0 Å². The molecular weight excluding hydrogens is 392 g/mol. The molecule has 1 aliphatic heterocycles. The highest BCUT2D eigenvalue weighted by Crippen LogP contribution is 2.40. The molecule has 1 aliphatic carbocycles. The van der Waals surface area contributed by atoms with Gasteiger partial charge in [0.1, 0.15) is 0 Å². The highest BCUT2D eigenvalue weighted by atomic mass is 32.2. The van der Waals surface area contributed by atoms with Gasteiger partial charge in [0.25, 0.3) is 0 Å². The summed E-state index contributed by atoms with van der Waals surface area (Å²) in [5.74, 6) is -0.0269. The van der Waals surface area contributed by atoms with Gasteiger partial charge in [0, 0.05) is 29.7 Å². The van der Waals surface area contributed by atoms with Crippen molar-refractivity contribution in [2.75, 3.05) is 11.4 Å². The van der Waals surface area contributed by atoms with Crippen LogP contribution in [-0.4, -0.2) is 26.1 Å². The van der Waals surface area contributed by atoms with Gasteiger partial charge in [-0.25, -0.2) is 13.1 Å². The number of hydrogen-bond acceptors (Lipinski definition) is 4. The third-order valence-corrected chi connectivity index (χ3v) is 7.95. The third-order valence-electron chi connectivity index (χ3n) is 5.35. The summed E-state index contributed by atoms with van der Waals surface area (Å²) >= 11 is 1.61. The second-order valence-electron chi connectivity index (χ2n) is 7.45. The van der Waals surface area contributed by atoms with E-state index < -0.39 is 10.0 Å². The predicted octanol–water partition coefficient (Wildman–Crippen LogP) is 3.89. The molecule has 2 aliphatic rings. The van der Waals surface area contributed by atoms with Crippen molar-refractivity contribution in [3.05, 3.63) is 53.6 Å². The van der Waals surface area contributed by atoms with Crippen LogP contribution >= 0.6 is 11.8 Å². The molecule has 0 saturated carbocycles. The van der Waals surface area contributed by atoms with Crippen molar-refractivity contribution in [2.24, 2.45) is 0 Å². The number of aryl methyl sites for hydroxylation is 1. The summed E-state index contributed by atoms with van der Waals surface area (Å²) in [6, 6.07) is 12.9. The van der Waals surface area contributed by atoms with E-state index in [1.165, 1.54) is 5.56 Å². The van der Waals surface area contributed by atoms with E-state index in [0.29, 0.717) is 6.54 Å². The molecule has 2 aromatic carbocycles. The van der Waals surface area contributed by atoms with Crippen molar-refractivity contribution in [1.29, 1.82) is 0 Å². The van der Waals surface area contributed by atoms with Crippen molar-refractivity contribution in [2.45, 2.75) is 54.2 Å². The third kappa shape index (κ3) is 3.71. The smallest absolute Gasteiger partial charge is 0.241 e. The highest BCUT2D eigenvalue weighted by Gasteiger charge is 2.29. The van der Waals surface area contributed by atoms with Crippen LogP contribution in [0, 0.1) is 0 Å². The number of thioether (sulfide) groups is 1. The normalized spacial score (nSPS) is 21.7. The Balaban J connectivity index is 1.64. The van der Waals surface area contributed by atoms with Crippen LogP contribution in [0.15, 0.2) is 52.3 Å². The minimum absolute atomic E-state index is 0.0269. The Morgan fingerprint density at radius 2 is 2.00 bits per heavy atom. The number of nitrogens with one attached hydrogen (secondary N) is 1. The van der Waals surface area contributed by atoms with Crippen molar-refractivity contribution < 1.29 is 13.2 Å². The molecule has 0 bridgehead atoms. The van der Waals surface area contributed by atoms with E-state index in [9.17, 15) is 13.2 Å². The molecule has 5 nitrogen and oxygen atoms in total. The van der Waals surface area contributed by atoms with Crippen molar-refractivity contribution in [1.82, 2.24) is 4.72 Å². The minimum atomic E-state index is -3.66. The van der Waals surface area contributed by atoms with Gasteiger partial charge in [0.2, 0.25) is 15.9 Å². The monoisotopic (exact) mass is 416 g/mol. The number of nitrogens with zero attached hydrogens (tertiary/aromatic N) is 1. The molecule has 1 N–H and O–H groups in total. The number of anilines is 1. The molecule has 1 heterocycles. The maximum Gasteiger partial charge on any atom is 0.241 e. The SMILES string of the molecule is CC(=O)N1CC(C)Sc2cc(S(=O)(=O)NC3CCCc4ccccc43)ccc21. The zero-order valence-corrected chi connectivity index (χ0v) is 17.6. The number of amides is 1. The lowest BCUT2D eigenvalue weighted by Crippen LogP contribution is -2.37. The Kier molecular flexibility index (Phi) is 5.24. The summed E-state index contributed by atoms with van der Waals surface area (Å²) in [5, 5.41) is 0.215. The largest absolute Gasteiger partial charge is 0.310 e. The molecule has 0 fully saturated rings. The van der Waals surface area contributed by atoms with Gasteiger partial charge in [-0.05, 0) is 48.6 Å². The summed E-state index contributed by atoms with van der Waals surface area (Å²) in [6.07, 6.45) is 2.75. The molecule has 0 spiro atoms. The number of rotatable bonds is 3. The lowest BCUT2D eigenvalue weighted by atomic mass is 9.88. The molecule has 7 heteroatoms. The number of fused-ring (bicyclic) bond motifs is 2. The lowest BCUT2D eigenvalue weighted by Gasteiger charge is -2.32. The molecular formula is C21H24N2O3S2. The van der Waals surface area contributed by atoms with Gasteiger partial charge in [-0.15, -0.1) is 11.8 Å². The number of carbonyl (C=O) groups excluding carboxylic acids is 1. The first-order valence-corrected chi connectivity index (χ1v) is 11.9. The van der Waals surface area contributed by atoms with E-state index in [1.807, 2.05) is 25.1 Å². The summed E-state index contributed by atoms with van der Waals surface area (Å²) in [5.41, 5.74) is 3.08. The fraction of sp³-hybridized carbons (Fsp3) is 0.381. The molecule has 4 rings (SSSR count). The zero-order chi connectivity index (χ0) is 19.9. The van der Waals surface area contributed by atoms with Gasteiger partial charge in [-0.2, -0.15) is 0 Å². The second-order valence-corrected chi connectivity index (χ2v) is 10.6. The maximum absolute atomic E-state index is 13.1. The van der Waals surface area contributed by atoms with Crippen LogP contribution in [0.25, 0.3) is 0 Å². The fourth-order valence-electron chi connectivity index (χ4n) is 4.02. The van der Waals surface area contributed by atoms with Gasteiger partial charge >= 0.3 is 0 Å². The van der Waals surface area contributed by atoms with Crippen LogP contribution in [0.4, 0.5) is 5.69 Å². The minimum Gasteiger partial charge on any atom is -0.310 e. The Morgan fingerprint density at radius 1 is 1.21 bits per heavy atom. The first-order chi connectivity index (χ1) is 13.3. The molecule has 2 aromatic rings. The average Bonchev–Trinajstić information content (AvgIpc) is 2.66. The summed E-state index contributed by atoms with van der Waals surface area (Å²) in [4.78, 5) is 14.8. The van der Waals surface area contributed by atoms with Gasteiger partial charge in [0.05, 0.1) is 10.6 Å². The van der Waals surface area contributed by atoms with Crippen LogP contribution in [0.1, 0.15) is 43.9 Å².